The largest absolute Gasteiger partial charge is 0.376 e. The van der Waals surface area contributed by atoms with Gasteiger partial charge in [-0.05, 0) is 37.2 Å². The van der Waals surface area contributed by atoms with Gasteiger partial charge in [-0.1, -0.05) is 18.9 Å². The molecule has 1 saturated carbocycles. The highest BCUT2D eigenvalue weighted by molar-refractivity contribution is 7.71. The molecule has 3 rings (SSSR count). The Labute approximate surface area is 123 Å². The Balaban J connectivity index is 1.79. The second-order valence-electron chi connectivity index (χ2n) is 5.17. The Kier molecular flexibility index (Phi) is 3.86. The second kappa shape index (κ2) is 5.78. The topological polar surface area (TPSA) is 53.7 Å². The van der Waals surface area contributed by atoms with Gasteiger partial charge in [0.25, 0.3) is 0 Å². The number of benzene rings is 1. The molecule has 1 aromatic heterocycles. The smallest absolute Gasteiger partial charge is 0.178 e. The summed E-state index contributed by atoms with van der Waals surface area (Å²) in [5.41, 5.74) is 2.42. The molecule has 1 fully saturated rings. The lowest BCUT2D eigenvalue weighted by molar-refractivity contribution is 0.0533. The first-order valence-corrected chi connectivity index (χ1v) is 7.43. The van der Waals surface area contributed by atoms with Crippen molar-refractivity contribution in [3.05, 3.63) is 28.5 Å². The average Bonchev–Trinajstić information content (AvgIpc) is 3.07. The first kappa shape index (κ1) is 13.3. The monoisotopic (exact) mass is 287 g/mol. The number of nitrogens with one attached hydrogen (secondary N) is 1. The van der Waals surface area contributed by atoms with E-state index >= 15 is 0 Å². The first-order chi connectivity index (χ1) is 9.79. The molecule has 0 spiro atoms. The summed E-state index contributed by atoms with van der Waals surface area (Å²) in [6.45, 7) is 1.40. The predicted octanol–water partition coefficient (Wildman–Crippen LogP) is 3.53. The molecule has 0 atom stereocenters. The molecule has 1 aromatic carbocycles. The molecule has 0 aliphatic heterocycles. The van der Waals surface area contributed by atoms with Crippen molar-refractivity contribution in [1.29, 1.82) is 5.26 Å². The minimum absolute atomic E-state index is 0.420. The average molecular weight is 287 g/mol. The number of nitriles is 1. The van der Waals surface area contributed by atoms with Crippen molar-refractivity contribution >= 4 is 23.3 Å². The van der Waals surface area contributed by atoms with Gasteiger partial charge in [0.2, 0.25) is 0 Å². The number of para-hydroxylation sites is 1. The first-order valence-electron chi connectivity index (χ1n) is 7.03. The van der Waals surface area contributed by atoms with Crippen LogP contribution in [0.25, 0.3) is 11.0 Å². The fraction of sp³-hybridized carbons (Fsp3) is 0.467. The summed E-state index contributed by atoms with van der Waals surface area (Å²) in [5.74, 6) is 0. The molecule has 5 heteroatoms. The molecule has 1 N–H and O–H groups in total. The van der Waals surface area contributed by atoms with Crippen molar-refractivity contribution < 1.29 is 4.74 Å². The van der Waals surface area contributed by atoms with Gasteiger partial charge < -0.3 is 14.3 Å². The quantitative estimate of drug-likeness (QED) is 0.875. The van der Waals surface area contributed by atoms with E-state index in [2.05, 4.69) is 11.1 Å². The third kappa shape index (κ3) is 2.49. The number of imidazole rings is 1. The van der Waals surface area contributed by atoms with Crippen LogP contribution in [0.5, 0.6) is 0 Å². The number of hydrogen-bond donors (Lipinski definition) is 1. The summed E-state index contributed by atoms with van der Waals surface area (Å²) in [6, 6.07) is 7.86. The number of aromatic amines is 1. The fourth-order valence-corrected chi connectivity index (χ4v) is 3.15. The lowest BCUT2D eigenvalue weighted by Crippen LogP contribution is -2.13. The highest BCUT2D eigenvalue weighted by atomic mass is 32.1. The van der Waals surface area contributed by atoms with Crippen LogP contribution in [0, 0.1) is 16.1 Å². The van der Waals surface area contributed by atoms with Crippen LogP contribution in [-0.4, -0.2) is 22.3 Å². The molecule has 0 radical (unpaired) electrons. The Bertz CT molecular complexity index is 704. The maximum atomic E-state index is 9.12. The molecule has 1 aliphatic carbocycles. The van der Waals surface area contributed by atoms with Crippen LogP contribution in [-0.2, 0) is 11.3 Å². The van der Waals surface area contributed by atoms with Crippen LogP contribution in [0.1, 0.15) is 31.2 Å². The van der Waals surface area contributed by atoms with Crippen LogP contribution < -0.4 is 0 Å². The zero-order valence-electron chi connectivity index (χ0n) is 11.3. The SMILES string of the molecule is N#Cc1cccc2c1[nH]c(=S)n2CCOC1CCCC1. The van der Waals surface area contributed by atoms with Crippen molar-refractivity contribution in [2.24, 2.45) is 0 Å². The number of rotatable bonds is 4. The molecule has 0 saturated heterocycles. The summed E-state index contributed by atoms with van der Waals surface area (Å²) < 4.78 is 8.56. The molecule has 1 aliphatic rings. The zero-order chi connectivity index (χ0) is 13.9. The molecular formula is C15H17N3OS. The Morgan fingerprint density at radius 2 is 2.20 bits per heavy atom. The van der Waals surface area contributed by atoms with Crippen LogP contribution in [0.3, 0.4) is 0 Å². The van der Waals surface area contributed by atoms with E-state index in [0.717, 1.165) is 17.6 Å². The molecule has 20 heavy (non-hydrogen) atoms. The van der Waals surface area contributed by atoms with Gasteiger partial charge in [-0.2, -0.15) is 5.26 Å². The van der Waals surface area contributed by atoms with E-state index < -0.39 is 0 Å². The predicted molar refractivity (Wildman–Crippen MR) is 80.0 cm³/mol. The van der Waals surface area contributed by atoms with Gasteiger partial charge in [0.1, 0.15) is 6.07 Å². The van der Waals surface area contributed by atoms with E-state index in [-0.39, 0.29) is 0 Å². The van der Waals surface area contributed by atoms with Crippen molar-refractivity contribution in [3.8, 4) is 6.07 Å². The Hall–Kier alpha value is -1.64. The van der Waals surface area contributed by atoms with E-state index in [1.54, 1.807) is 6.07 Å². The van der Waals surface area contributed by atoms with Gasteiger partial charge in [0.15, 0.2) is 4.77 Å². The number of aromatic nitrogens is 2. The Morgan fingerprint density at radius 1 is 1.40 bits per heavy atom. The Morgan fingerprint density at radius 3 is 2.95 bits per heavy atom. The summed E-state index contributed by atoms with van der Waals surface area (Å²) in [5, 5.41) is 9.12. The van der Waals surface area contributed by atoms with Gasteiger partial charge in [0, 0.05) is 6.54 Å². The van der Waals surface area contributed by atoms with E-state index in [1.165, 1.54) is 25.7 Å². The summed E-state index contributed by atoms with van der Waals surface area (Å²) in [6.07, 6.45) is 5.34. The third-order valence-corrected chi connectivity index (χ3v) is 4.22. The normalized spacial score (nSPS) is 15.8. The molecule has 0 amide bonds. The number of hydrogen-bond acceptors (Lipinski definition) is 3. The van der Waals surface area contributed by atoms with Gasteiger partial charge in [-0.3, -0.25) is 0 Å². The van der Waals surface area contributed by atoms with Crippen LogP contribution in [0.2, 0.25) is 0 Å². The number of H-pyrrole nitrogens is 1. The van der Waals surface area contributed by atoms with E-state index in [4.69, 9.17) is 22.2 Å². The molecular weight excluding hydrogens is 270 g/mol. The number of ether oxygens (including phenoxy) is 1. The summed E-state index contributed by atoms with van der Waals surface area (Å²) >= 11 is 5.35. The highest BCUT2D eigenvalue weighted by Gasteiger charge is 2.15. The van der Waals surface area contributed by atoms with Crippen molar-refractivity contribution in [1.82, 2.24) is 9.55 Å². The molecule has 104 valence electrons. The lowest BCUT2D eigenvalue weighted by Gasteiger charge is -2.11. The molecule has 1 heterocycles. The van der Waals surface area contributed by atoms with Gasteiger partial charge in [-0.25, -0.2) is 0 Å². The second-order valence-corrected chi connectivity index (χ2v) is 5.56. The van der Waals surface area contributed by atoms with Gasteiger partial charge in [0.05, 0.1) is 29.3 Å². The molecule has 0 unspecified atom stereocenters. The van der Waals surface area contributed by atoms with Gasteiger partial charge in [-0.15, -0.1) is 0 Å². The van der Waals surface area contributed by atoms with Crippen molar-refractivity contribution in [2.75, 3.05) is 6.61 Å². The summed E-state index contributed by atoms with van der Waals surface area (Å²) in [4.78, 5) is 3.12. The molecule has 0 bridgehead atoms. The van der Waals surface area contributed by atoms with Crippen LogP contribution >= 0.6 is 12.2 Å². The standard InChI is InChI=1S/C15H17N3OS/c16-10-11-4-3-7-13-14(11)17-15(20)18(13)8-9-19-12-5-1-2-6-12/h3-4,7,12H,1-2,5-6,8-9H2,(H,17,20). The molecule has 2 aromatic rings. The van der Waals surface area contributed by atoms with Crippen LogP contribution in [0.15, 0.2) is 18.2 Å². The molecule has 4 nitrogen and oxygen atoms in total. The highest BCUT2D eigenvalue weighted by Crippen LogP contribution is 2.21. The van der Waals surface area contributed by atoms with Gasteiger partial charge >= 0.3 is 0 Å². The van der Waals surface area contributed by atoms with E-state index in [0.29, 0.717) is 23.0 Å². The van der Waals surface area contributed by atoms with E-state index in [1.807, 2.05) is 16.7 Å². The zero-order valence-corrected chi connectivity index (χ0v) is 12.1. The third-order valence-electron chi connectivity index (χ3n) is 3.90. The van der Waals surface area contributed by atoms with Crippen molar-refractivity contribution in [3.63, 3.8) is 0 Å². The number of fused-ring (bicyclic) bond motifs is 1. The lowest BCUT2D eigenvalue weighted by atomic mass is 10.2. The number of nitrogens with zero attached hydrogens (tertiary/aromatic N) is 2. The minimum Gasteiger partial charge on any atom is -0.376 e. The fourth-order valence-electron chi connectivity index (χ4n) is 2.86. The summed E-state index contributed by atoms with van der Waals surface area (Å²) in [7, 11) is 0. The minimum atomic E-state index is 0.420. The van der Waals surface area contributed by atoms with Crippen LogP contribution in [0.4, 0.5) is 0 Å². The maximum absolute atomic E-state index is 9.12. The van der Waals surface area contributed by atoms with E-state index in [9.17, 15) is 0 Å². The maximum Gasteiger partial charge on any atom is 0.178 e. The van der Waals surface area contributed by atoms with Crippen molar-refractivity contribution in [2.45, 2.75) is 38.3 Å².